The second kappa shape index (κ2) is 14.0. The predicted molar refractivity (Wildman–Crippen MR) is 198 cm³/mol. The van der Waals surface area contributed by atoms with Crippen molar-refractivity contribution >= 4 is 56.8 Å². The van der Waals surface area contributed by atoms with Crippen LogP contribution in [0.5, 0.6) is 0 Å². The minimum absolute atomic E-state index is 0.0858. The zero-order valence-corrected chi connectivity index (χ0v) is 31.3. The summed E-state index contributed by atoms with van der Waals surface area (Å²) in [4.78, 5) is 86.1. The van der Waals surface area contributed by atoms with Crippen LogP contribution in [0.1, 0.15) is 75.3 Å². The van der Waals surface area contributed by atoms with Crippen LogP contribution in [-0.4, -0.2) is 90.6 Å². The maximum Gasteiger partial charge on any atom is 0.410 e. The monoisotopic (exact) mass is 782 g/mol. The molecule has 5 atom stereocenters. The molecule has 0 aromatic heterocycles. The Balaban J connectivity index is 1.07. The number of sulfonamides is 1. The average molecular weight is 783 g/mol. The zero-order chi connectivity index (χ0) is 37.9. The third kappa shape index (κ3) is 6.75. The lowest BCUT2D eigenvalue weighted by Gasteiger charge is -2.36. The van der Waals surface area contributed by atoms with Crippen LogP contribution in [0.3, 0.4) is 0 Å². The van der Waals surface area contributed by atoms with Crippen molar-refractivity contribution in [1.29, 1.82) is 0 Å². The SMILES string of the molecule is O=C1N[C@]2(C(=O)NS(=O)(=O)C3CC3)C[C@H]2C=CCCCCC[C@H](Nc2c(N3CCC3)c(=O)c2=O)C(=O)N2C[C@H](OC(=O)N3Cc4cccc(Cl)c4C3)C[C@@H]12. The fraction of sp³-hybridized carbons (Fsp3) is 0.568. The van der Waals surface area contributed by atoms with Crippen molar-refractivity contribution in [2.45, 2.75) is 106 Å². The molecule has 15 nitrogen and oxygen atoms in total. The molecule has 54 heavy (non-hydrogen) atoms. The number of hydrogen-bond donors (Lipinski definition) is 3. The van der Waals surface area contributed by atoms with Crippen molar-refractivity contribution in [2.24, 2.45) is 5.92 Å². The molecular weight excluding hydrogens is 740 g/mol. The normalized spacial score (nSPS) is 28.6. The fourth-order valence-electron chi connectivity index (χ4n) is 8.10. The van der Waals surface area contributed by atoms with E-state index in [-0.39, 0.29) is 43.9 Å². The summed E-state index contributed by atoms with van der Waals surface area (Å²) in [5, 5.41) is 5.78. The summed E-state index contributed by atoms with van der Waals surface area (Å²) in [5.41, 5.74) is -0.795. The molecule has 0 radical (unpaired) electrons. The minimum Gasteiger partial charge on any atom is -0.444 e. The maximum atomic E-state index is 14.6. The van der Waals surface area contributed by atoms with Gasteiger partial charge in [-0.15, -0.1) is 0 Å². The van der Waals surface area contributed by atoms with Crippen molar-refractivity contribution in [3.05, 3.63) is 66.9 Å². The topological polar surface area (TPSA) is 192 Å². The molecule has 0 unspecified atom stereocenters. The van der Waals surface area contributed by atoms with Gasteiger partial charge in [0.25, 0.3) is 16.8 Å². The van der Waals surface area contributed by atoms with Crippen LogP contribution in [0.25, 0.3) is 0 Å². The number of ether oxygens (including phenoxy) is 1. The largest absolute Gasteiger partial charge is 0.444 e. The van der Waals surface area contributed by atoms with E-state index in [1.54, 1.807) is 17.0 Å². The highest BCUT2D eigenvalue weighted by atomic mass is 35.5. The van der Waals surface area contributed by atoms with Gasteiger partial charge in [0, 0.05) is 37.0 Å². The Kier molecular flexibility index (Phi) is 9.47. The van der Waals surface area contributed by atoms with Crippen LogP contribution in [0.2, 0.25) is 5.02 Å². The lowest BCUT2D eigenvalue weighted by molar-refractivity contribution is -0.140. The molecule has 2 saturated carbocycles. The van der Waals surface area contributed by atoms with Crippen LogP contribution in [-0.2, 0) is 42.2 Å². The van der Waals surface area contributed by atoms with Gasteiger partial charge in [-0.1, -0.05) is 48.7 Å². The molecule has 2 aliphatic carbocycles. The van der Waals surface area contributed by atoms with E-state index in [0.717, 1.165) is 30.4 Å². The first-order valence-corrected chi connectivity index (χ1v) is 20.7. The summed E-state index contributed by atoms with van der Waals surface area (Å²) in [7, 11) is -3.92. The Bertz CT molecular complexity index is 2110. The maximum absolute atomic E-state index is 14.6. The van der Waals surface area contributed by atoms with E-state index >= 15 is 0 Å². The lowest BCUT2D eigenvalue weighted by Crippen LogP contribution is -2.58. The molecule has 4 fully saturated rings. The molecule has 2 saturated heterocycles. The molecule has 0 spiro atoms. The highest BCUT2D eigenvalue weighted by Gasteiger charge is 2.62. The van der Waals surface area contributed by atoms with Crippen molar-refractivity contribution in [1.82, 2.24) is 19.8 Å². The van der Waals surface area contributed by atoms with Crippen LogP contribution >= 0.6 is 11.6 Å². The number of allylic oxidation sites excluding steroid dienone is 1. The Labute approximate surface area is 317 Å². The quantitative estimate of drug-likeness (QED) is 0.275. The zero-order valence-electron chi connectivity index (χ0n) is 29.7. The first-order chi connectivity index (χ1) is 25.9. The smallest absolute Gasteiger partial charge is 0.410 e. The molecule has 288 valence electrons. The van der Waals surface area contributed by atoms with Gasteiger partial charge in [0.2, 0.25) is 21.8 Å². The number of nitrogens with one attached hydrogen (secondary N) is 3. The Morgan fingerprint density at radius 2 is 1.78 bits per heavy atom. The van der Waals surface area contributed by atoms with Gasteiger partial charge in [0.1, 0.15) is 35.1 Å². The molecule has 6 aliphatic rings. The summed E-state index contributed by atoms with van der Waals surface area (Å²) in [6, 6.07) is 3.24. The number of benzene rings is 1. The van der Waals surface area contributed by atoms with Crippen molar-refractivity contribution in [3.63, 3.8) is 0 Å². The van der Waals surface area contributed by atoms with E-state index < -0.39 is 79.6 Å². The number of hydrogen-bond acceptors (Lipinski definition) is 11. The minimum atomic E-state index is -3.92. The Morgan fingerprint density at radius 1 is 0.981 bits per heavy atom. The standard InChI is InChI=1S/C37H43ClN6O9S/c38-26-10-6-8-21-18-43(20-25(21)26)36(50)53-23-16-28-33(47)40-37(35(49)41-54(51,52)24-12-13-24)17-22(37)9-4-2-1-3-5-11-27(34(48)44(28)19-23)39-29-30(32(46)31(29)45)42-14-7-15-42/h4,6,8-10,22-24,27-28,39H,1-3,5,7,11-20H2,(H,40,47)(H,41,49)/t22-,23-,27+,28+,37-/m1/s1. The molecule has 4 aliphatic heterocycles. The van der Waals surface area contributed by atoms with Crippen molar-refractivity contribution in [2.75, 3.05) is 29.9 Å². The highest BCUT2D eigenvalue weighted by molar-refractivity contribution is 7.91. The van der Waals surface area contributed by atoms with Crippen molar-refractivity contribution < 1.29 is 32.3 Å². The summed E-state index contributed by atoms with van der Waals surface area (Å²) >= 11 is 6.37. The molecule has 4 heterocycles. The first kappa shape index (κ1) is 36.5. The summed E-state index contributed by atoms with van der Waals surface area (Å²) in [5.74, 6) is -2.51. The average Bonchev–Trinajstić information content (AvgIpc) is 4.00. The van der Waals surface area contributed by atoms with Gasteiger partial charge in [-0.25, -0.2) is 13.2 Å². The number of carbonyl (C=O) groups excluding carboxylic acids is 4. The molecular formula is C37H43ClN6O9S. The molecule has 0 bridgehead atoms. The number of carbonyl (C=O) groups is 4. The van der Waals surface area contributed by atoms with E-state index in [4.69, 9.17) is 16.3 Å². The number of nitrogens with zero attached hydrogens (tertiary/aromatic N) is 3. The summed E-state index contributed by atoms with van der Waals surface area (Å²) in [6.07, 6.45) is 7.14. The second-order valence-electron chi connectivity index (χ2n) is 15.4. The van der Waals surface area contributed by atoms with Gasteiger partial charge < -0.3 is 25.2 Å². The number of rotatable bonds is 7. The molecule has 2 aromatic carbocycles. The molecule has 4 amide bonds. The number of amides is 4. The Hall–Kier alpha value is -4.44. The van der Waals surface area contributed by atoms with E-state index in [1.165, 1.54) is 9.80 Å². The third-order valence-electron chi connectivity index (χ3n) is 11.7. The lowest BCUT2D eigenvalue weighted by atomic mass is 10.0. The van der Waals surface area contributed by atoms with E-state index in [2.05, 4.69) is 15.4 Å². The predicted octanol–water partition coefficient (Wildman–Crippen LogP) is 2.05. The van der Waals surface area contributed by atoms with Gasteiger partial charge in [0.05, 0.1) is 18.3 Å². The van der Waals surface area contributed by atoms with E-state index in [9.17, 15) is 37.2 Å². The second-order valence-corrected chi connectivity index (χ2v) is 17.8. The summed E-state index contributed by atoms with van der Waals surface area (Å²) < 4.78 is 33.7. The van der Waals surface area contributed by atoms with E-state index in [1.807, 2.05) is 18.2 Å². The molecule has 3 N–H and O–H groups in total. The van der Waals surface area contributed by atoms with Crippen LogP contribution in [0.15, 0.2) is 39.9 Å². The number of fused-ring (bicyclic) bond motifs is 3. The van der Waals surface area contributed by atoms with Gasteiger partial charge >= 0.3 is 6.09 Å². The fourth-order valence-corrected chi connectivity index (χ4v) is 9.72. The molecule has 17 heteroatoms. The first-order valence-electron chi connectivity index (χ1n) is 18.8. The van der Waals surface area contributed by atoms with Gasteiger partial charge in [-0.3, -0.25) is 33.6 Å². The van der Waals surface area contributed by atoms with Crippen LogP contribution in [0, 0.1) is 5.92 Å². The van der Waals surface area contributed by atoms with Crippen LogP contribution < -0.4 is 31.1 Å². The Morgan fingerprint density at radius 3 is 2.50 bits per heavy atom. The third-order valence-corrected chi connectivity index (χ3v) is 13.8. The highest BCUT2D eigenvalue weighted by Crippen LogP contribution is 2.46. The van der Waals surface area contributed by atoms with Crippen LogP contribution in [0.4, 0.5) is 16.2 Å². The summed E-state index contributed by atoms with van der Waals surface area (Å²) in [6.45, 7) is 1.61. The number of anilines is 2. The van der Waals surface area contributed by atoms with Gasteiger partial charge in [-0.05, 0) is 62.1 Å². The molecule has 8 rings (SSSR count). The van der Waals surface area contributed by atoms with Crippen molar-refractivity contribution in [3.8, 4) is 0 Å². The van der Waals surface area contributed by atoms with Gasteiger partial charge in [-0.2, -0.15) is 0 Å². The van der Waals surface area contributed by atoms with E-state index in [0.29, 0.717) is 50.2 Å². The molecule has 2 aromatic rings. The van der Waals surface area contributed by atoms with Gasteiger partial charge in [0.15, 0.2) is 0 Å². The number of halogens is 1.